The summed E-state index contributed by atoms with van der Waals surface area (Å²) < 4.78 is 106. The monoisotopic (exact) mass is 293 g/mol. The maximum Gasteiger partial charge on any atom is 0.417 e. The van der Waals surface area contributed by atoms with Crippen LogP contribution in [0.4, 0.5) is 26.3 Å². The summed E-state index contributed by atoms with van der Waals surface area (Å²) in [6.07, 6.45) is -10.8. The van der Waals surface area contributed by atoms with Gasteiger partial charge >= 0.3 is 12.4 Å². The molecule has 0 aliphatic rings. The number of hydrogen-bond donors (Lipinski definition) is 0. The van der Waals surface area contributed by atoms with Crippen LogP contribution in [0.3, 0.4) is 0 Å². The fourth-order valence-corrected chi connectivity index (χ4v) is 2.16. The topological polar surface area (TPSA) is 57.2 Å². The zero-order valence-corrected chi connectivity index (χ0v) is 8.95. The van der Waals surface area contributed by atoms with Crippen LogP contribution >= 0.6 is 0 Å². The van der Waals surface area contributed by atoms with Gasteiger partial charge in [-0.2, -0.15) is 26.3 Å². The van der Waals surface area contributed by atoms with Crippen molar-refractivity contribution in [2.75, 3.05) is 0 Å². The molecule has 0 fully saturated rings. The molecule has 0 amide bonds. The van der Waals surface area contributed by atoms with Crippen molar-refractivity contribution in [1.29, 1.82) is 0 Å². The van der Waals surface area contributed by atoms with E-state index in [9.17, 15) is 39.3 Å². The van der Waals surface area contributed by atoms with Gasteiger partial charge in [0.15, 0.2) is 0 Å². The Morgan fingerprint density at radius 2 is 1.22 bits per heavy atom. The quantitative estimate of drug-likeness (QED) is 0.591. The summed E-state index contributed by atoms with van der Waals surface area (Å²) in [6.45, 7) is 0. The Labute approximate surface area is 96.8 Å². The van der Waals surface area contributed by atoms with E-state index in [4.69, 9.17) is 0 Å². The molecule has 0 N–H and O–H groups in total. The molecule has 18 heavy (non-hydrogen) atoms. The minimum absolute atomic E-state index is 0.0972. The van der Waals surface area contributed by atoms with Crippen molar-refractivity contribution in [2.24, 2.45) is 0 Å². The molecule has 0 atom stereocenters. The predicted molar refractivity (Wildman–Crippen MR) is 44.4 cm³/mol. The lowest BCUT2D eigenvalue weighted by Crippen LogP contribution is -2.19. The van der Waals surface area contributed by atoms with Gasteiger partial charge in [-0.15, -0.1) is 0 Å². The SMILES string of the molecule is O=S(=O)([O-])c1c(C(F)(F)F)cccc1C(F)(F)F. The van der Waals surface area contributed by atoms with Gasteiger partial charge < -0.3 is 4.55 Å². The molecule has 10 heteroatoms. The fraction of sp³-hybridized carbons (Fsp3) is 0.250. The summed E-state index contributed by atoms with van der Waals surface area (Å²) in [6, 6.07) is 0.570. The van der Waals surface area contributed by atoms with Crippen molar-refractivity contribution in [3.63, 3.8) is 0 Å². The number of alkyl halides is 6. The van der Waals surface area contributed by atoms with E-state index in [1.165, 1.54) is 0 Å². The molecule has 0 radical (unpaired) electrons. The molecule has 0 aromatic heterocycles. The van der Waals surface area contributed by atoms with Gasteiger partial charge in [0.1, 0.15) is 10.1 Å². The molecular formula is C8H3F6O3S-. The van der Waals surface area contributed by atoms with Gasteiger partial charge in [0.25, 0.3) is 0 Å². The van der Waals surface area contributed by atoms with E-state index >= 15 is 0 Å². The highest BCUT2D eigenvalue weighted by atomic mass is 32.2. The lowest BCUT2D eigenvalue weighted by atomic mass is 10.1. The first kappa shape index (κ1) is 14.8. The Morgan fingerprint density at radius 1 is 0.889 bits per heavy atom. The third-order valence-corrected chi connectivity index (χ3v) is 2.82. The summed E-state index contributed by atoms with van der Waals surface area (Å²) in [7, 11) is -5.92. The number of halogens is 6. The van der Waals surface area contributed by atoms with Crippen molar-refractivity contribution in [3.8, 4) is 0 Å². The van der Waals surface area contributed by atoms with Crippen LogP contribution in [0.15, 0.2) is 23.1 Å². The second-order valence-corrected chi connectivity index (χ2v) is 4.45. The van der Waals surface area contributed by atoms with Crippen LogP contribution in [0, 0.1) is 0 Å². The first-order chi connectivity index (χ1) is 7.85. The van der Waals surface area contributed by atoms with E-state index in [2.05, 4.69) is 0 Å². The largest absolute Gasteiger partial charge is 0.744 e. The number of rotatable bonds is 1. The second-order valence-electron chi connectivity index (χ2n) is 3.13. The summed E-state index contributed by atoms with van der Waals surface area (Å²) in [5.41, 5.74) is -4.26. The average Bonchev–Trinajstić information content (AvgIpc) is 2.12. The highest BCUT2D eigenvalue weighted by Gasteiger charge is 2.42. The predicted octanol–water partition coefficient (Wildman–Crippen LogP) is 2.63. The van der Waals surface area contributed by atoms with Crippen molar-refractivity contribution < 1.29 is 39.3 Å². The average molecular weight is 293 g/mol. The molecule has 1 aromatic carbocycles. The first-order valence-electron chi connectivity index (χ1n) is 4.08. The molecule has 1 rings (SSSR count). The van der Waals surface area contributed by atoms with E-state index < -0.39 is 38.5 Å². The summed E-state index contributed by atoms with van der Waals surface area (Å²) in [5, 5.41) is 0. The van der Waals surface area contributed by atoms with E-state index in [0.29, 0.717) is 6.07 Å². The van der Waals surface area contributed by atoms with Gasteiger partial charge in [-0.1, -0.05) is 6.07 Å². The zero-order valence-electron chi connectivity index (χ0n) is 8.13. The zero-order chi connectivity index (χ0) is 14.4. The smallest absolute Gasteiger partial charge is 0.417 e. The fourth-order valence-electron chi connectivity index (χ4n) is 1.25. The Hall–Kier alpha value is -1.29. The lowest BCUT2D eigenvalue weighted by molar-refractivity contribution is -0.147. The van der Waals surface area contributed by atoms with E-state index in [-0.39, 0.29) is 12.1 Å². The molecule has 0 saturated carbocycles. The third-order valence-electron chi connectivity index (χ3n) is 1.88. The van der Waals surface area contributed by atoms with E-state index in [1.54, 1.807) is 0 Å². The Kier molecular flexibility index (Phi) is 3.38. The van der Waals surface area contributed by atoms with Crippen molar-refractivity contribution in [1.82, 2.24) is 0 Å². The van der Waals surface area contributed by atoms with Crippen LogP contribution in [0.25, 0.3) is 0 Å². The molecule has 0 heterocycles. The Bertz CT molecular complexity index is 525. The highest BCUT2D eigenvalue weighted by Crippen LogP contribution is 2.41. The van der Waals surface area contributed by atoms with Gasteiger partial charge in [-0.3, -0.25) is 0 Å². The maximum absolute atomic E-state index is 12.4. The molecule has 0 aliphatic heterocycles. The van der Waals surface area contributed by atoms with Crippen molar-refractivity contribution in [3.05, 3.63) is 29.3 Å². The number of hydrogen-bond acceptors (Lipinski definition) is 3. The molecule has 102 valence electrons. The van der Waals surface area contributed by atoms with E-state index in [0.717, 1.165) is 0 Å². The Balaban J connectivity index is 3.79. The molecule has 0 bridgehead atoms. The molecule has 1 aromatic rings. The van der Waals surface area contributed by atoms with Gasteiger partial charge in [0.05, 0.1) is 16.0 Å². The van der Waals surface area contributed by atoms with Crippen LogP contribution in [0.2, 0.25) is 0 Å². The normalized spacial score (nSPS) is 13.7. The van der Waals surface area contributed by atoms with Gasteiger partial charge in [-0.25, -0.2) is 8.42 Å². The molecule has 0 aliphatic carbocycles. The minimum atomic E-state index is -5.92. The molecular weight excluding hydrogens is 290 g/mol. The van der Waals surface area contributed by atoms with Crippen LogP contribution < -0.4 is 0 Å². The van der Waals surface area contributed by atoms with Crippen LogP contribution in [-0.4, -0.2) is 13.0 Å². The van der Waals surface area contributed by atoms with Crippen LogP contribution in [-0.2, 0) is 22.5 Å². The molecule has 0 spiro atoms. The minimum Gasteiger partial charge on any atom is -0.744 e. The van der Waals surface area contributed by atoms with Gasteiger partial charge in [-0.05, 0) is 12.1 Å². The second kappa shape index (κ2) is 4.12. The standard InChI is InChI=1S/C8H4F6O3S/c9-7(10,11)4-2-1-3-5(8(12,13)14)6(4)18(15,16)17/h1-3H,(H,15,16,17)/p-1. The molecule has 0 saturated heterocycles. The van der Waals surface area contributed by atoms with Gasteiger partial charge in [0.2, 0.25) is 0 Å². The number of benzene rings is 1. The third kappa shape index (κ3) is 2.93. The highest BCUT2D eigenvalue weighted by molar-refractivity contribution is 7.85. The first-order valence-corrected chi connectivity index (χ1v) is 5.49. The van der Waals surface area contributed by atoms with Crippen LogP contribution in [0.1, 0.15) is 11.1 Å². The summed E-state index contributed by atoms with van der Waals surface area (Å²) in [5.74, 6) is 0. The van der Waals surface area contributed by atoms with Crippen molar-refractivity contribution in [2.45, 2.75) is 17.2 Å². The van der Waals surface area contributed by atoms with Crippen LogP contribution in [0.5, 0.6) is 0 Å². The lowest BCUT2D eigenvalue weighted by Gasteiger charge is -2.20. The van der Waals surface area contributed by atoms with Gasteiger partial charge in [0, 0.05) is 0 Å². The molecule has 0 unspecified atom stereocenters. The van der Waals surface area contributed by atoms with E-state index in [1.807, 2.05) is 0 Å². The summed E-state index contributed by atoms with van der Waals surface area (Å²) in [4.78, 5) is -2.30. The molecule has 3 nitrogen and oxygen atoms in total. The Morgan fingerprint density at radius 3 is 1.44 bits per heavy atom. The maximum atomic E-state index is 12.4. The summed E-state index contributed by atoms with van der Waals surface area (Å²) >= 11 is 0. The van der Waals surface area contributed by atoms with Crippen molar-refractivity contribution >= 4 is 10.1 Å².